The maximum absolute atomic E-state index is 11.6. The van der Waals surface area contributed by atoms with Gasteiger partial charge in [-0.05, 0) is 42.4 Å². The number of hydrogen-bond acceptors (Lipinski definition) is 3. The van der Waals surface area contributed by atoms with Crippen molar-refractivity contribution in [3.8, 4) is 0 Å². The molecule has 0 aliphatic carbocycles. The third kappa shape index (κ3) is 6.22. The molecule has 94 valence electrons. The van der Waals surface area contributed by atoms with Gasteiger partial charge in [0.05, 0.1) is 5.75 Å². The summed E-state index contributed by atoms with van der Waals surface area (Å²) in [5.74, 6) is 2.29. The number of nitrogens with one attached hydrogen (secondary N) is 1. The van der Waals surface area contributed by atoms with E-state index in [0.717, 1.165) is 17.9 Å². The topological polar surface area (TPSA) is 55.1 Å². The van der Waals surface area contributed by atoms with Crippen molar-refractivity contribution >= 4 is 29.0 Å². The number of benzene rings is 1. The van der Waals surface area contributed by atoms with Crippen LogP contribution in [0.25, 0.3) is 0 Å². The van der Waals surface area contributed by atoms with E-state index in [0.29, 0.717) is 17.4 Å². The molecular weight excluding hydrogens is 232 g/mol. The van der Waals surface area contributed by atoms with Crippen molar-refractivity contribution in [3.63, 3.8) is 0 Å². The first-order valence-electron chi connectivity index (χ1n) is 5.81. The van der Waals surface area contributed by atoms with Crippen LogP contribution in [0.5, 0.6) is 0 Å². The summed E-state index contributed by atoms with van der Waals surface area (Å²) in [5.41, 5.74) is 7.07. The smallest absolute Gasteiger partial charge is 0.234 e. The zero-order chi connectivity index (χ0) is 12.7. The van der Waals surface area contributed by atoms with E-state index in [-0.39, 0.29) is 5.91 Å². The first kappa shape index (κ1) is 13.9. The molecule has 0 aliphatic rings. The summed E-state index contributed by atoms with van der Waals surface area (Å²) in [6, 6.07) is 7.18. The number of thioether (sulfide) groups is 1. The molecule has 0 unspecified atom stereocenters. The summed E-state index contributed by atoms with van der Waals surface area (Å²) in [5, 5.41) is 2.84. The number of anilines is 2. The van der Waals surface area contributed by atoms with Gasteiger partial charge < -0.3 is 11.1 Å². The number of amides is 1. The van der Waals surface area contributed by atoms with Crippen LogP contribution in [0.4, 0.5) is 11.4 Å². The fourth-order valence-electron chi connectivity index (χ4n) is 1.25. The SMILES string of the molecule is CC(C)CCSCC(=O)Nc1ccc(N)cc1. The average molecular weight is 252 g/mol. The van der Waals surface area contributed by atoms with E-state index in [1.807, 2.05) is 12.1 Å². The minimum absolute atomic E-state index is 0.0449. The number of nitrogens with two attached hydrogens (primary N) is 1. The van der Waals surface area contributed by atoms with E-state index in [9.17, 15) is 4.79 Å². The second-order valence-corrected chi connectivity index (χ2v) is 5.51. The van der Waals surface area contributed by atoms with Crippen molar-refractivity contribution in [2.24, 2.45) is 5.92 Å². The molecule has 0 bridgehead atoms. The molecule has 0 radical (unpaired) electrons. The molecule has 0 spiro atoms. The van der Waals surface area contributed by atoms with Crippen molar-refractivity contribution < 1.29 is 4.79 Å². The van der Waals surface area contributed by atoms with Crippen molar-refractivity contribution in [1.82, 2.24) is 0 Å². The molecule has 0 saturated carbocycles. The molecule has 4 heteroatoms. The number of nitrogen functional groups attached to an aromatic ring is 1. The van der Waals surface area contributed by atoms with Gasteiger partial charge in [-0.25, -0.2) is 0 Å². The van der Waals surface area contributed by atoms with E-state index in [1.54, 1.807) is 23.9 Å². The van der Waals surface area contributed by atoms with Crippen LogP contribution in [0.1, 0.15) is 20.3 Å². The highest BCUT2D eigenvalue weighted by atomic mass is 32.2. The summed E-state index contributed by atoms with van der Waals surface area (Å²) >= 11 is 1.68. The Balaban J connectivity index is 2.23. The normalized spacial score (nSPS) is 10.5. The zero-order valence-corrected chi connectivity index (χ0v) is 11.2. The quantitative estimate of drug-likeness (QED) is 0.604. The van der Waals surface area contributed by atoms with Crippen molar-refractivity contribution in [1.29, 1.82) is 0 Å². The van der Waals surface area contributed by atoms with Crippen LogP contribution in [0.2, 0.25) is 0 Å². The maximum atomic E-state index is 11.6. The Morgan fingerprint density at radius 2 is 2.00 bits per heavy atom. The molecule has 1 amide bonds. The molecule has 0 heterocycles. The molecule has 1 aromatic rings. The van der Waals surface area contributed by atoms with E-state index < -0.39 is 0 Å². The Bertz CT molecular complexity index is 349. The zero-order valence-electron chi connectivity index (χ0n) is 10.4. The maximum Gasteiger partial charge on any atom is 0.234 e. The van der Waals surface area contributed by atoms with Gasteiger partial charge >= 0.3 is 0 Å². The van der Waals surface area contributed by atoms with Gasteiger partial charge in [0.2, 0.25) is 5.91 Å². The van der Waals surface area contributed by atoms with E-state index in [1.165, 1.54) is 0 Å². The van der Waals surface area contributed by atoms with E-state index in [4.69, 9.17) is 5.73 Å². The first-order chi connectivity index (χ1) is 8.08. The van der Waals surface area contributed by atoms with Gasteiger partial charge in [-0.1, -0.05) is 13.8 Å². The minimum atomic E-state index is 0.0449. The highest BCUT2D eigenvalue weighted by Gasteiger charge is 2.02. The summed E-state index contributed by atoms with van der Waals surface area (Å²) in [4.78, 5) is 11.6. The molecule has 0 atom stereocenters. The predicted octanol–water partition coefficient (Wildman–Crippen LogP) is 2.99. The van der Waals surface area contributed by atoms with Crippen LogP contribution in [0, 0.1) is 5.92 Å². The van der Waals surface area contributed by atoms with Gasteiger partial charge in [-0.2, -0.15) is 11.8 Å². The Kier molecular flexibility index (Phi) is 5.91. The van der Waals surface area contributed by atoms with Crippen LogP contribution in [-0.4, -0.2) is 17.4 Å². The summed E-state index contributed by atoms with van der Waals surface area (Å²) in [7, 11) is 0. The second kappa shape index (κ2) is 7.22. The molecular formula is C13H20N2OS. The largest absolute Gasteiger partial charge is 0.399 e. The summed E-state index contributed by atoms with van der Waals surface area (Å²) in [6.07, 6.45) is 1.15. The molecule has 3 nitrogen and oxygen atoms in total. The van der Waals surface area contributed by atoms with Crippen molar-refractivity contribution in [2.45, 2.75) is 20.3 Å². The lowest BCUT2D eigenvalue weighted by molar-refractivity contribution is -0.113. The molecule has 0 aromatic heterocycles. The number of hydrogen-bond donors (Lipinski definition) is 2. The minimum Gasteiger partial charge on any atom is -0.399 e. The molecule has 3 N–H and O–H groups in total. The van der Waals surface area contributed by atoms with Crippen molar-refractivity contribution in [2.75, 3.05) is 22.6 Å². The van der Waals surface area contributed by atoms with Gasteiger partial charge in [0, 0.05) is 11.4 Å². The van der Waals surface area contributed by atoms with Crippen LogP contribution in [0.15, 0.2) is 24.3 Å². The fraction of sp³-hybridized carbons (Fsp3) is 0.462. The Morgan fingerprint density at radius 3 is 2.59 bits per heavy atom. The van der Waals surface area contributed by atoms with Gasteiger partial charge in [0.15, 0.2) is 0 Å². The highest BCUT2D eigenvalue weighted by Crippen LogP contribution is 2.12. The number of carbonyl (C=O) groups excluding carboxylic acids is 1. The van der Waals surface area contributed by atoms with E-state index >= 15 is 0 Å². The van der Waals surface area contributed by atoms with Gasteiger partial charge in [-0.15, -0.1) is 0 Å². The molecule has 0 saturated heterocycles. The first-order valence-corrected chi connectivity index (χ1v) is 6.96. The lowest BCUT2D eigenvalue weighted by Crippen LogP contribution is -2.14. The van der Waals surface area contributed by atoms with Crippen LogP contribution in [-0.2, 0) is 4.79 Å². The van der Waals surface area contributed by atoms with Crippen LogP contribution >= 0.6 is 11.8 Å². The highest BCUT2D eigenvalue weighted by molar-refractivity contribution is 7.99. The summed E-state index contributed by atoms with van der Waals surface area (Å²) in [6.45, 7) is 4.38. The Morgan fingerprint density at radius 1 is 1.35 bits per heavy atom. The Labute approximate surface area is 107 Å². The predicted molar refractivity (Wildman–Crippen MR) is 76.3 cm³/mol. The summed E-state index contributed by atoms with van der Waals surface area (Å²) < 4.78 is 0. The standard InChI is InChI=1S/C13H20N2OS/c1-10(2)7-8-17-9-13(16)15-12-5-3-11(14)4-6-12/h3-6,10H,7-9,14H2,1-2H3,(H,15,16). The molecule has 1 rings (SSSR count). The molecule has 17 heavy (non-hydrogen) atoms. The molecule has 1 aromatic carbocycles. The molecule has 0 aliphatic heterocycles. The van der Waals surface area contributed by atoms with Crippen molar-refractivity contribution in [3.05, 3.63) is 24.3 Å². The Hall–Kier alpha value is -1.16. The van der Waals surface area contributed by atoms with Gasteiger partial charge in [0.25, 0.3) is 0 Å². The second-order valence-electron chi connectivity index (χ2n) is 4.41. The van der Waals surface area contributed by atoms with Crippen LogP contribution < -0.4 is 11.1 Å². The third-order valence-electron chi connectivity index (χ3n) is 2.27. The number of carbonyl (C=O) groups is 1. The van der Waals surface area contributed by atoms with Gasteiger partial charge in [-0.3, -0.25) is 4.79 Å². The fourth-order valence-corrected chi connectivity index (χ4v) is 2.29. The lowest BCUT2D eigenvalue weighted by atomic mass is 10.2. The van der Waals surface area contributed by atoms with E-state index in [2.05, 4.69) is 19.2 Å². The van der Waals surface area contributed by atoms with Crippen LogP contribution in [0.3, 0.4) is 0 Å². The average Bonchev–Trinajstić information content (AvgIpc) is 2.27. The third-order valence-corrected chi connectivity index (χ3v) is 3.26. The molecule has 0 fully saturated rings. The number of rotatable bonds is 6. The lowest BCUT2D eigenvalue weighted by Gasteiger charge is -2.06. The monoisotopic (exact) mass is 252 g/mol. The van der Waals surface area contributed by atoms with Gasteiger partial charge in [0.1, 0.15) is 0 Å².